The van der Waals surface area contributed by atoms with Crippen LogP contribution >= 0.6 is 11.3 Å². The Morgan fingerprint density at radius 3 is 2.74 bits per heavy atom. The van der Waals surface area contributed by atoms with Crippen LogP contribution in [0.1, 0.15) is 11.8 Å². The number of anilines is 1. The second kappa shape index (κ2) is 7.68. The molecule has 0 fully saturated rings. The Kier molecular flexibility index (Phi) is 5.63. The maximum Gasteiger partial charge on any atom is 0.319 e. The van der Waals surface area contributed by atoms with Crippen LogP contribution in [0.5, 0.6) is 5.75 Å². The van der Waals surface area contributed by atoms with Crippen molar-refractivity contribution in [2.45, 2.75) is 12.5 Å². The monoisotopic (exact) mass is 330 g/mol. The van der Waals surface area contributed by atoms with Crippen LogP contribution in [0.25, 0.3) is 0 Å². The summed E-state index contributed by atoms with van der Waals surface area (Å²) >= 11 is 1.44. The maximum atomic E-state index is 11.9. The van der Waals surface area contributed by atoms with Crippen molar-refractivity contribution in [3.8, 4) is 18.1 Å². The van der Waals surface area contributed by atoms with E-state index in [1.165, 1.54) is 11.3 Å². The number of aliphatic hydroxyl groups is 1. The molecular formula is C17H18N2O3S. The summed E-state index contributed by atoms with van der Waals surface area (Å²) in [6, 6.07) is 10.2. The van der Waals surface area contributed by atoms with Gasteiger partial charge in [-0.2, -0.15) is 0 Å². The molecule has 1 aromatic carbocycles. The lowest BCUT2D eigenvalue weighted by molar-refractivity contribution is 0.0637. The van der Waals surface area contributed by atoms with E-state index in [4.69, 9.17) is 11.2 Å². The van der Waals surface area contributed by atoms with Gasteiger partial charge in [0.1, 0.15) is 18.0 Å². The first-order valence-electron chi connectivity index (χ1n) is 6.99. The van der Waals surface area contributed by atoms with Crippen LogP contribution in [-0.4, -0.2) is 24.3 Å². The molecule has 1 aromatic heterocycles. The van der Waals surface area contributed by atoms with E-state index in [0.29, 0.717) is 11.4 Å². The van der Waals surface area contributed by atoms with Crippen LogP contribution in [0.15, 0.2) is 41.8 Å². The molecule has 120 valence electrons. The van der Waals surface area contributed by atoms with Crippen molar-refractivity contribution in [1.29, 1.82) is 0 Å². The lowest BCUT2D eigenvalue weighted by atomic mass is 10.1. The normalized spacial score (nSPS) is 12.7. The Bertz CT molecular complexity index is 673. The molecule has 2 rings (SSSR count). The highest BCUT2D eigenvalue weighted by molar-refractivity contribution is 7.10. The topological polar surface area (TPSA) is 70.6 Å². The maximum absolute atomic E-state index is 11.9. The quantitative estimate of drug-likeness (QED) is 0.713. The van der Waals surface area contributed by atoms with Crippen molar-refractivity contribution in [3.05, 3.63) is 46.7 Å². The van der Waals surface area contributed by atoms with Crippen molar-refractivity contribution in [2.24, 2.45) is 0 Å². The van der Waals surface area contributed by atoms with Gasteiger partial charge in [-0.15, -0.1) is 17.8 Å². The van der Waals surface area contributed by atoms with Gasteiger partial charge in [-0.3, -0.25) is 0 Å². The van der Waals surface area contributed by atoms with Gasteiger partial charge in [0, 0.05) is 10.6 Å². The number of hydrogen-bond donors (Lipinski definition) is 3. The van der Waals surface area contributed by atoms with Crippen molar-refractivity contribution in [3.63, 3.8) is 0 Å². The van der Waals surface area contributed by atoms with Crippen LogP contribution < -0.4 is 15.4 Å². The summed E-state index contributed by atoms with van der Waals surface area (Å²) < 4.78 is 5.25. The van der Waals surface area contributed by atoms with E-state index in [1.54, 1.807) is 31.2 Å². The minimum atomic E-state index is -1.10. The molecule has 0 saturated carbocycles. The Morgan fingerprint density at radius 2 is 2.13 bits per heavy atom. The molecule has 0 aliphatic rings. The fraction of sp³-hybridized carbons (Fsp3) is 0.235. The molecule has 0 aliphatic heterocycles. The fourth-order valence-electron chi connectivity index (χ4n) is 1.86. The van der Waals surface area contributed by atoms with Crippen molar-refractivity contribution >= 4 is 23.1 Å². The fourth-order valence-corrected chi connectivity index (χ4v) is 2.65. The van der Waals surface area contributed by atoms with Crippen molar-refractivity contribution in [2.75, 3.05) is 18.5 Å². The molecule has 1 atom stereocenters. The standard InChI is InChI=1S/C17H18N2O3S/c1-3-10-22-14-8-6-13(7-9-14)19-16(20)18-12-17(2,21)15-5-4-11-23-15/h1,4-9,11,21H,10,12H2,2H3,(H2,18,19,20)/t17-/m0/s1. The van der Waals surface area contributed by atoms with E-state index in [2.05, 4.69) is 16.6 Å². The van der Waals surface area contributed by atoms with E-state index in [1.807, 2.05) is 17.5 Å². The first-order chi connectivity index (χ1) is 11.0. The minimum absolute atomic E-state index is 0.114. The van der Waals surface area contributed by atoms with E-state index >= 15 is 0 Å². The third kappa shape index (κ3) is 5.02. The number of carbonyl (C=O) groups is 1. The summed E-state index contributed by atoms with van der Waals surface area (Å²) in [5, 5.41) is 17.6. The van der Waals surface area contributed by atoms with E-state index in [-0.39, 0.29) is 19.2 Å². The third-order valence-corrected chi connectivity index (χ3v) is 4.20. The number of ether oxygens (including phenoxy) is 1. The number of amides is 2. The van der Waals surface area contributed by atoms with Gasteiger partial charge >= 0.3 is 6.03 Å². The molecule has 0 saturated heterocycles. The van der Waals surface area contributed by atoms with Gasteiger partial charge in [-0.25, -0.2) is 4.79 Å². The molecule has 2 amide bonds. The van der Waals surface area contributed by atoms with Crippen molar-refractivity contribution < 1.29 is 14.6 Å². The van der Waals surface area contributed by atoms with Gasteiger partial charge in [0.25, 0.3) is 0 Å². The van der Waals surface area contributed by atoms with Gasteiger partial charge in [-0.05, 0) is 42.6 Å². The average Bonchev–Trinajstić information content (AvgIpc) is 3.08. The summed E-state index contributed by atoms with van der Waals surface area (Å²) in [4.78, 5) is 12.7. The third-order valence-electron chi connectivity index (χ3n) is 3.08. The Balaban J connectivity index is 1.84. The number of thiophene rings is 1. The van der Waals surface area contributed by atoms with E-state index in [9.17, 15) is 9.90 Å². The lowest BCUT2D eigenvalue weighted by Crippen LogP contribution is -2.40. The molecule has 0 radical (unpaired) electrons. The van der Waals surface area contributed by atoms with Crippen LogP contribution in [-0.2, 0) is 5.60 Å². The molecule has 0 bridgehead atoms. The number of benzene rings is 1. The molecule has 1 heterocycles. The molecule has 0 unspecified atom stereocenters. The zero-order valence-electron chi connectivity index (χ0n) is 12.7. The molecule has 0 spiro atoms. The molecule has 23 heavy (non-hydrogen) atoms. The number of urea groups is 1. The van der Waals surface area contributed by atoms with Crippen LogP contribution in [0.3, 0.4) is 0 Å². The molecule has 3 N–H and O–H groups in total. The summed E-state index contributed by atoms with van der Waals surface area (Å²) in [5.74, 6) is 3.01. The largest absolute Gasteiger partial charge is 0.481 e. The Morgan fingerprint density at radius 1 is 1.39 bits per heavy atom. The zero-order chi connectivity index (χ0) is 16.7. The lowest BCUT2D eigenvalue weighted by Gasteiger charge is -2.22. The molecule has 5 nitrogen and oxygen atoms in total. The van der Waals surface area contributed by atoms with E-state index in [0.717, 1.165) is 4.88 Å². The molecule has 2 aromatic rings. The molecular weight excluding hydrogens is 312 g/mol. The Hall–Kier alpha value is -2.49. The van der Waals surface area contributed by atoms with Crippen molar-refractivity contribution in [1.82, 2.24) is 5.32 Å². The van der Waals surface area contributed by atoms with Crippen LogP contribution in [0.2, 0.25) is 0 Å². The first-order valence-corrected chi connectivity index (χ1v) is 7.87. The van der Waals surface area contributed by atoms with Crippen LogP contribution in [0, 0.1) is 12.3 Å². The summed E-state index contributed by atoms with van der Waals surface area (Å²) in [6.45, 7) is 1.98. The SMILES string of the molecule is C#CCOc1ccc(NC(=O)NC[C@](C)(O)c2cccs2)cc1. The predicted octanol–water partition coefficient (Wildman–Crippen LogP) is 2.79. The van der Waals surface area contributed by atoms with E-state index < -0.39 is 5.60 Å². The van der Waals surface area contributed by atoms with Gasteiger partial charge in [0.05, 0.1) is 6.54 Å². The summed E-state index contributed by atoms with van der Waals surface area (Å²) in [7, 11) is 0. The number of rotatable bonds is 6. The van der Waals surface area contributed by atoms with Gasteiger partial charge in [0.15, 0.2) is 0 Å². The number of carbonyl (C=O) groups excluding carboxylic acids is 1. The van der Waals surface area contributed by atoms with Gasteiger partial charge in [0.2, 0.25) is 0 Å². The highest BCUT2D eigenvalue weighted by atomic mass is 32.1. The minimum Gasteiger partial charge on any atom is -0.481 e. The smallest absolute Gasteiger partial charge is 0.319 e. The molecule has 0 aliphatic carbocycles. The zero-order valence-corrected chi connectivity index (χ0v) is 13.5. The summed E-state index contributed by atoms with van der Waals surface area (Å²) in [5.41, 5.74) is -0.482. The predicted molar refractivity (Wildman–Crippen MR) is 91.7 cm³/mol. The number of hydrogen-bond acceptors (Lipinski definition) is 4. The van der Waals surface area contributed by atoms with Gasteiger partial charge < -0.3 is 20.5 Å². The summed E-state index contributed by atoms with van der Waals surface area (Å²) in [6.07, 6.45) is 5.12. The Labute approximate surface area is 139 Å². The highest BCUT2D eigenvalue weighted by Crippen LogP contribution is 2.24. The first kappa shape index (κ1) is 16.9. The average molecular weight is 330 g/mol. The number of terminal acetylenes is 1. The highest BCUT2D eigenvalue weighted by Gasteiger charge is 2.24. The van der Waals surface area contributed by atoms with Gasteiger partial charge in [-0.1, -0.05) is 12.0 Å². The second-order valence-corrected chi connectivity index (χ2v) is 6.02. The second-order valence-electron chi connectivity index (χ2n) is 5.08. The molecule has 6 heteroatoms. The van der Waals surface area contributed by atoms with Crippen LogP contribution in [0.4, 0.5) is 10.5 Å². The number of nitrogens with one attached hydrogen (secondary N) is 2.